The summed E-state index contributed by atoms with van der Waals surface area (Å²) in [6.07, 6.45) is 1.94. The van der Waals surface area contributed by atoms with Crippen molar-refractivity contribution in [1.82, 2.24) is 10.7 Å². The summed E-state index contributed by atoms with van der Waals surface area (Å²) in [4.78, 5) is 35.5. The fourth-order valence-electron chi connectivity index (χ4n) is 2.45. The van der Waals surface area contributed by atoms with E-state index in [1.165, 1.54) is 43.7 Å². The van der Waals surface area contributed by atoms with E-state index in [2.05, 4.69) is 21.2 Å². The molecule has 0 aliphatic carbocycles. The first-order valence-corrected chi connectivity index (χ1v) is 10.3. The highest BCUT2D eigenvalue weighted by atomic mass is 35.5. The summed E-state index contributed by atoms with van der Waals surface area (Å²) in [5, 5.41) is 8.75. The van der Waals surface area contributed by atoms with Crippen LogP contribution in [0, 0.1) is 5.82 Å². The number of anilines is 1. The topological polar surface area (TPSA) is 118 Å². The third-order valence-electron chi connectivity index (χ3n) is 4.32. The number of amides is 3. The second-order valence-corrected chi connectivity index (χ2v) is 7.24. The summed E-state index contributed by atoms with van der Waals surface area (Å²) >= 11 is 6.24. The fraction of sp³-hybridized carbons (Fsp3) is 0.273. The van der Waals surface area contributed by atoms with Crippen LogP contribution in [0.5, 0.6) is 11.5 Å². The van der Waals surface area contributed by atoms with Gasteiger partial charge in [0.2, 0.25) is 0 Å². The first-order valence-electron chi connectivity index (χ1n) is 9.93. The van der Waals surface area contributed by atoms with Gasteiger partial charge < -0.3 is 20.1 Å². The van der Waals surface area contributed by atoms with Crippen molar-refractivity contribution in [1.29, 1.82) is 0 Å². The number of para-hydroxylation sites is 1. The minimum atomic E-state index is -0.912. The molecule has 0 radical (unpaired) electrons. The van der Waals surface area contributed by atoms with Gasteiger partial charge in [0.1, 0.15) is 5.82 Å². The highest BCUT2D eigenvalue weighted by molar-refractivity contribution is 6.35. The molecule has 2 rings (SSSR count). The lowest BCUT2D eigenvalue weighted by molar-refractivity contribution is -0.139. The molecule has 3 N–H and O–H groups in total. The molecule has 2 aromatic carbocycles. The predicted octanol–water partition coefficient (Wildman–Crippen LogP) is 2.87. The molecule has 0 spiro atoms. The lowest BCUT2D eigenvalue weighted by Gasteiger charge is -2.13. The van der Waals surface area contributed by atoms with Gasteiger partial charge in [-0.15, -0.1) is 0 Å². The van der Waals surface area contributed by atoms with Crippen molar-refractivity contribution in [3.8, 4) is 11.5 Å². The highest BCUT2D eigenvalue weighted by Crippen LogP contribution is 2.36. The van der Waals surface area contributed by atoms with Crippen LogP contribution in [0.25, 0.3) is 0 Å². The Balaban J connectivity index is 2.00. The van der Waals surface area contributed by atoms with Gasteiger partial charge in [0.25, 0.3) is 5.91 Å². The molecule has 0 aliphatic rings. The number of benzene rings is 2. The predicted molar refractivity (Wildman–Crippen MR) is 122 cm³/mol. The van der Waals surface area contributed by atoms with E-state index in [0.29, 0.717) is 12.0 Å². The lowest BCUT2D eigenvalue weighted by atomic mass is 10.2. The van der Waals surface area contributed by atoms with Crippen LogP contribution in [0.2, 0.25) is 5.02 Å². The van der Waals surface area contributed by atoms with Gasteiger partial charge in [-0.05, 0) is 43.2 Å². The maximum atomic E-state index is 13.7. The summed E-state index contributed by atoms with van der Waals surface area (Å²) in [7, 11) is 1.37. The van der Waals surface area contributed by atoms with Crippen LogP contribution < -0.4 is 25.5 Å². The Morgan fingerprint density at radius 2 is 1.94 bits per heavy atom. The van der Waals surface area contributed by atoms with E-state index < -0.39 is 30.1 Å². The third-order valence-corrected chi connectivity index (χ3v) is 4.60. The number of ether oxygens (including phenoxy) is 2. The van der Waals surface area contributed by atoms with Gasteiger partial charge in [0.15, 0.2) is 18.1 Å². The molecule has 33 heavy (non-hydrogen) atoms. The van der Waals surface area contributed by atoms with Gasteiger partial charge in [-0.25, -0.2) is 9.82 Å². The second kappa shape index (κ2) is 12.4. The van der Waals surface area contributed by atoms with E-state index in [1.54, 1.807) is 13.0 Å². The average molecular weight is 479 g/mol. The average Bonchev–Trinajstić information content (AvgIpc) is 2.79. The van der Waals surface area contributed by atoms with Crippen molar-refractivity contribution in [2.24, 2.45) is 5.10 Å². The number of carbonyl (C=O) groups is 3. The first kappa shape index (κ1) is 25.6. The molecule has 0 fully saturated rings. The van der Waals surface area contributed by atoms with E-state index in [9.17, 15) is 18.8 Å². The molecule has 0 bridgehead atoms. The van der Waals surface area contributed by atoms with Gasteiger partial charge >= 0.3 is 11.8 Å². The van der Waals surface area contributed by atoms with Gasteiger partial charge in [-0.1, -0.05) is 30.7 Å². The smallest absolute Gasteiger partial charge is 0.329 e. The Kier molecular flexibility index (Phi) is 9.62. The summed E-state index contributed by atoms with van der Waals surface area (Å²) in [5.74, 6) is -2.59. The summed E-state index contributed by atoms with van der Waals surface area (Å²) in [5.41, 5.74) is 2.58. The van der Waals surface area contributed by atoms with E-state index >= 15 is 0 Å². The van der Waals surface area contributed by atoms with E-state index in [1.807, 2.05) is 6.92 Å². The van der Waals surface area contributed by atoms with Crippen molar-refractivity contribution >= 4 is 41.2 Å². The molecule has 9 nitrogen and oxygen atoms in total. The van der Waals surface area contributed by atoms with Crippen molar-refractivity contribution in [3.63, 3.8) is 0 Å². The Bertz CT molecular complexity index is 1050. The number of nitrogens with zero attached hydrogens (tertiary/aromatic N) is 1. The maximum Gasteiger partial charge on any atom is 0.329 e. The summed E-state index contributed by atoms with van der Waals surface area (Å²) < 4.78 is 24.3. The van der Waals surface area contributed by atoms with Gasteiger partial charge in [-0.2, -0.15) is 5.10 Å². The first-order chi connectivity index (χ1) is 15.7. The molecule has 0 saturated carbocycles. The summed E-state index contributed by atoms with van der Waals surface area (Å²) in [6, 6.07) is 8.55. The number of methoxy groups -OCH3 is 1. The zero-order valence-electron chi connectivity index (χ0n) is 18.3. The molecular formula is C22H24ClFN4O5. The minimum absolute atomic E-state index is 0.0237. The van der Waals surface area contributed by atoms with Crippen LogP contribution in [-0.2, 0) is 14.4 Å². The second-order valence-electron chi connectivity index (χ2n) is 6.83. The molecule has 1 atom stereocenters. The van der Waals surface area contributed by atoms with Crippen molar-refractivity contribution in [3.05, 3.63) is 52.8 Å². The number of hydrogen-bond donors (Lipinski definition) is 3. The van der Waals surface area contributed by atoms with Crippen molar-refractivity contribution in [2.75, 3.05) is 19.0 Å². The Morgan fingerprint density at radius 3 is 2.61 bits per heavy atom. The number of carbonyl (C=O) groups excluding carboxylic acids is 3. The van der Waals surface area contributed by atoms with Gasteiger partial charge in [0, 0.05) is 6.04 Å². The normalized spacial score (nSPS) is 11.5. The zero-order chi connectivity index (χ0) is 24.4. The largest absolute Gasteiger partial charge is 0.493 e. The van der Waals surface area contributed by atoms with E-state index in [0.717, 1.165) is 0 Å². The van der Waals surface area contributed by atoms with Crippen LogP contribution >= 0.6 is 11.6 Å². The molecule has 3 amide bonds. The molecule has 2 aromatic rings. The monoisotopic (exact) mass is 478 g/mol. The number of halogens is 2. The fourth-order valence-corrected chi connectivity index (χ4v) is 2.72. The molecule has 0 heterocycles. The molecule has 0 aliphatic heterocycles. The standard InChI is InChI=1S/C22H24ClFN4O5/c1-4-13(2)26-21(30)22(31)28-25-11-14-9-15(23)20(18(10-14)32-3)33-12-19(29)27-17-8-6-5-7-16(17)24/h5-11,13H,4,12H2,1-3H3,(H,26,30)(H,27,29)(H,28,31)/b25-11-/t13-/m0/s1. The summed E-state index contributed by atoms with van der Waals surface area (Å²) in [6.45, 7) is 3.20. The molecule has 176 valence electrons. The van der Waals surface area contributed by atoms with Crippen LogP contribution in [0.15, 0.2) is 41.5 Å². The lowest BCUT2D eigenvalue weighted by Crippen LogP contribution is -2.41. The van der Waals surface area contributed by atoms with Crippen molar-refractivity contribution < 1.29 is 28.2 Å². The highest BCUT2D eigenvalue weighted by Gasteiger charge is 2.16. The Hall–Kier alpha value is -3.66. The number of hydrogen-bond acceptors (Lipinski definition) is 6. The minimum Gasteiger partial charge on any atom is -0.493 e. The number of nitrogens with one attached hydrogen (secondary N) is 3. The SMILES string of the molecule is CC[C@H](C)NC(=O)C(=O)N/N=C\c1cc(Cl)c(OCC(=O)Nc2ccccc2F)c(OC)c1. The molecular weight excluding hydrogens is 455 g/mol. The van der Waals surface area contributed by atoms with Crippen LogP contribution in [0.1, 0.15) is 25.8 Å². The maximum absolute atomic E-state index is 13.7. The van der Waals surface area contributed by atoms with Crippen molar-refractivity contribution in [2.45, 2.75) is 26.3 Å². The van der Waals surface area contributed by atoms with Gasteiger partial charge in [0.05, 0.1) is 24.0 Å². The Labute approximate surface area is 195 Å². The van der Waals surface area contributed by atoms with Crippen LogP contribution in [0.3, 0.4) is 0 Å². The quantitative estimate of drug-likeness (QED) is 0.291. The van der Waals surface area contributed by atoms with Gasteiger partial charge in [-0.3, -0.25) is 14.4 Å². The molecule has 0 aromatic heterocycles. The van der Waals surface area contributed by atoms with Crippen LogP contribution in [0.4, 0.5) is 10.1 Å². The number of rotatable bonds is 9. The van der Waals surface area contributed by atoms with E-state index in [4.69, 9.17) is 21.1 Å². The molecule has 0 saturated heterocycles. The molecule has 11 heteroatoms. The zero-order valence-corrected chi connectivity index (χ0v) is 19.0. The third kappa shape index (κ3) is 7.76. The number of hydrazone groups is 1. The molecule has 0 unspecified atom stereocenters. The van der Waals surface area contributed by atoms with Crippen LogP contribution in [-0.4, -0.2) is 43.7 Å². The van der Waals surface area contributed by atoms with E-state index in [-0.39, 0.29) is 28.3 Å². The Morgan fingerprint density at radius 1 is 1.21 bits per heavy atom.